The first-order valence-electron chi connectivity index (χ1n) is 12.1. The Balaban J connectivity index is 1.36. The van der Waals surface area contributed by atoms with E-state index in [1.54, 1.807) is 56.7 Å². The molecule has 1 amide bonds. The van der Waals surface area contributed by atoms with E-state index in [4.69, 9.17) is 13.9 Å². The monoisotopic (exact) mass is 587 g/mol. The number of rotatable bonds is 10. The van der Waals surface area contributed by atoms with Gasteiger partial charge in [-0.1, -0.05) is 47.4 Å². The van der Waals surface area contributed by atoms with E-state index in [0.717, 1.165) is 17.3 Å². The van der Waals surface area contributed by atoms with Gasteiger partial charge in [-0.2, -0.15) is 5.26 Å². The molecular formula is C29H22FN5O4S2. The van der Waals surface area contributed by atoms with Gasteiger partial charge < -0.3 is 19.2 Å². The second-order valence-electron chi connectivity index (χ2n) is 8.39. The maximum atomic E-state index is 13.9. The van der Waals surface area contributed by atoms with E-state index < -0.39 is 11.7 Å². The SMILES string of the molecule is COc1ccc(-c2oc(NC(=O)CSc3nnc(Nc4ccccc4F)s3)c(C#N)c2-c2ccc(OC)cc2)cc1. The maximum Gasteiger partial charge on any atom is 0.237 e. The Bertz CT molecular complexity index is 1710. The molecule has 0 aliphatic heterocycles. The van der Waals surface area contributed by atoms with Crippen LogP contribution < -0.4 is 20.1 Å². The van der Waals surface area contributed by atoms with Crippen molar-refractivity contribution in [1.29, 1.82) is 5.26 Å². The molecule has 0 bridgehead atoms. The number of benzene rings is 3. The highest BCUT2D eigenvalue weighted by molar-refractivity contribution is 8.01. The van der Waals surface area contributed by atoms with Gasteiger partial charge in [-0.25, -0.2) is 4.39 Å². The van der Waals surface area contributed by atoms with E-state index >= 15 is 0 Å². The lowest BCUT2D eigenvalue weighted by Crippen LogP contribution is -2.14. The number of amides is 1. The molecule has 0 saturated heterocycles. The van der Waals surface area contributed by atoms with Crippen molar-refractivity contribution in [2.75, 3.05) is 30.6 Å². The van der Waals surface area contributed by atoms with Crippen molar-refractivity contribution in [3.8, 4) is 40.0 Å². The zero-order valence-electron chi connectivity index (χ0n) is 21.8. The number of carbonyl (C=O) groups excluding carboxylic acids is 1. The summed E-state index contributed by atoms with van der Waals surface area (Å²) >= 11 is 2.34. The lowest BCUT2D eigenvalue weighted by atomic mass is 9.98. The summed E-state index contributed by atoms with van der Waals surface area (Å²) in [6.45, 7) is 0. The summed E-state index contributed by atoms with van der Waals surface area (Å²) in [5.41, 5.74) is 2.42. The predicted octanol–water partition coefficient (Wildman–Crippen LogP) is 6.97. The highest BCUT2D eigenvalue weighted by atomic mass is 32.2. The van der Waals surface area contributed by atoms with E-state index in [1.807, 2.05) is 24.3 Å². The van der Waals surface area contributed by atoms with E-state index in [-0.39, 0.29) is 22.9 Å². The van der Waals surface area contributed by atoms with Crippen molar-refractivity contribution in [1.82, 2.24) is 10.2 Å². The zero-order valence-corrected chi connectivity index (χ0v) is 23.4. The number of carbonyl (C=O) groups is 1. The molecular weight excluding hydrogens is 565 g/mol. The average molecular weight is 588 g/mol. The van der Waals surface area contributed by atoms with Gasteiger partial charge >= 0.3 is 0 Å². The molecule has 2 N–H and O–H groups in total. The van der Waals surface area contributed by atoms with Crippen molar-refractivity contribution in [2.24, 2.45) is 0 Å². The van der Waals surface area contributed by atoms with Crippen LogP contribution in [0.2, 0.25) is 0 Å². The van der Waals surface area contributed by atoms with E-state index in [2.05, 4.69) is 26.9 Å². The molecule has 2 aromatic heterocycles. The largest absolute Gasteiger partial charge is 0.497 e. The van der Waals surface area contributed by atoms with Crippen molar-refractivity contribution in [3.63, 3.8) is 0 Å². The molecule has 0 unspecified atom stereocenters. The minimum Gasteiger partial charge on any atom is -0.497 e. The Morgan fingerprint density at radius 3 is 2.29 bits per heavy atom. The predicted molar refractivity (Wildman–Crippen MR) is 156 cm³/mol. The number of halogens is 1. The number of furan rings is 1. The van der Waals surface area contributed by atoms with Gasteiger partial charge in [0.2, 0.25) is 16.9 Å². The molecule has 5 rings (SSSR count). The number of nitrogens with zero attached hydrogens (tertiary/aromatic N) is 3. The van der Waals surface area contributed by atoms with Gasteiger partial charge in [0.05, 0.1) is 25.7 Å². The van der Waals surface area contributed by atoms with Gasteiger partial charge in [-0.15, -0.1) is 10.2 Å². The number of para-hydroxylation sites is 1. The van der Waals surface area contributed by atoms with Crippen molar-refractivity contribution in [2.45, 2.75) is 4.34 Å². The van der Waals surface area contributed by atoms with Crippen molar-refractivity contribution in [3.05, 3.63) is 84.2 Å². The number of thioether (sulfide) groups is 1. The summed E-state index contributed by atoms with van der Waals surface area (Å²) in [7, 11) is 3.15. The summed E-state index contributed by atoms with van der Waals surface area (Å²) in [6, 6.07) is 22.8. The summed E-state index contributed by atoms with van der Waals surface area (Å²) in [5.74, 6) is 0.958. The molecule has 41 heavy (non-hydrogen) atoms. The molecule has 0 radical (unpaired) electrons. The van der Waals surface area contributed by atoms with Crippen molar-refractivity contribution >= 4 is 45.7 Å². The molecule has 0 spiro atoms. The minimum absolute atomic E-state index is 0.0182. The van der Waals surface area contributed by atoms with Crippen LogP contribution in [-0.2, 0) is 4.79 Å². The first-order valence-corrected chi connectivity index (χ1v) is 13.9. The minimum atomic E-state index is -0.411. The molecule has 0 aliphatic rings. The molecule has 0 aliphatic carbocycles. The number of nitrogens with one attached hydrogen (secondary N) is 2. The lowest BCUT2D eigenvalue weighted by molar-refractivity contribution is -0.113. The van der Waals surface area contributed by atoms with Gasteiger partial charge in [0.25, 0.3) is 0 Å². The molecule has 206 valence electrons. The third-order valence-electron chi connectivity index (χ3n) is 5.85. The van der Waals surface area contributed by atoms with Gasteiger partial charge in [0.15, 0.2) is 4.34 Å². The van der Waals surface area contributed by atoms with Crippen LogP contribution in [0, 0.1) is 17.1 Å². The number of methoxy groups -OCH3 is 2. The van der Waals surface area contributed by atoms with Gasteiger partial charge in [0.1, 0.15) is 34.7 Å². The molecule has 12 heteroatoms. The summed E-state index contributed by atoms with van der Waals surface area (Å²) in [4.78, 5) is 12.9. The maximum absolute atomic E-state index is 13.9. The van der Waals surface area contributed by atoms with Gasteiger partial charge in [0, 0.05) is 11.1 Å². The summed E-state index contributed by atoms with van der Waals surface area (Å²) < 4.78 is 31.1. The Kier molecular flexibility index (Phi) is 8.47. The van der Waals surface area contributed by atoms with Crippen molar-refractivity contribution < 1.29 is 23.1 Å². The number of hydrogen-bond donors (Lipinski definition) is 2. The van der Waals surface area contributed by atoms with Crippen LogP contribution in [0.4, 0.5) is 21.1 Å². The van der Waals surface area contributed by atoms with Crippen LogP contribution in [0.15, 0.2) is 81.6 Å². The van der Waals surface area contributed by atoms with Crippen LogP contribution in [0.5, 0.6) is 11.5 Å². The van der Waals surface area contributed by atoms with E-state index in [9.17, 15) is 14.4 Å². The molecule has 0 saturated carbocycles. The number of nitriles is 1. The molecule has 0 atom stereocenters. The molecule has 5 aromatic rings. The number of hydrogen-bond acceptors (Lipinski definition) is 10. The van der Waals surface area contributed by atoms with E-state index in [0.29, 0.717) is 37.9 Å². The molecule has 9 nitrogen and oxygen atoms in total. The Hall–Kier alpha value is -4.86. The standard InChI is InChI=1S/C29H22FN5O4S2/c1-37-19-11-7-17(8-12-19)25-21(15-31)27(39-26(25)18-9-13-20(38-2)14-10-18)33-24(36)16-40-29-35-34-28(41-29)32-23-6-4-3-5-22(23)30/h3-14H,16H2,1-2H3,(H,32,34)(H,33,36). The van der Waals surface area contributed by atoms with Crippen LogP contribution in [0.3, 0.4) is 0 Å². The Labute approximate surface area is 242 Å². The number of ether oxygens (including phenoxy) is 2. The highest BCUT2D eigenvalue weighted by Gasteiger charge is 2.25. The van der Waals surface area contributed by atoms with Crippen LogP contribution in [-0.4, -0.2) is 36.1 Å². The quantitative estimate of drug-likeness (QED) is 0.167. The summed E-state index contributed by atoms with van der Waals surface area (Å²) in [6.07, 6.45) is 0. The third-order valence-corrected chi connectivity index (χ3v) is 7.82. The third kappa shape index (κ3) is 6.32. The van der Waals surface area contributed by atoms with Crippen LogP contribution in [0.1, 0.15) is 5.56 Å². The Morgan fingerprint density at radius 2 is 1.66 bits per heavy atom. The second-order valence-corrected chi connectivity index (χ2v) is 10.6. The van der Waals surface area contributed by atoms with Crippen LogP contribution in [0.25, 0.3) is 22.5 Å². The van der Waals surface area contributed by atoms with Gasteiger partial charge in [-0.3, -0.25) is 10.1 Å². The first-order chi connectivity index (χ1) is 20.0. The van der Waals surface area contributed by atoms with E-state index in [1.165, 1.54) is 17.4 Å². The topological polar surface area (TPSA) is 122 Å². The number of aromatic nitrogens is 2. The fourth-order valence-corrected chi connectivity index (χ4v) is 5.46. The molecule has 2 heterocycles. The summed E-state index contributed by atoms with van der Waals surface area (Å²) in [5, 5.41) is 24.2. The van der Waals surface area contributed by atoms with Crippen LogP contribution >= 0.6 is 23.1 Å². The average Bonchev–Trinajstić information content (AvgIpc) is 3.61. The molecule has 0 fully saturated rings. The zero-order chi connectivity index (χ0) is 28.8. The van der Waals surface area contributed by atoms with Gasteiger partial charge in [-0.05, 0) is 54.1 Å². The Morgan fingerprint density at radius 1 is 1.00 bits per heavy atom. The second kappa shape index (κ2) is 12.5. The fourth-order valence-electron chi connectivity index (χ4n) is 3.89. The molecule has 3 aromatic carbocycles. The lowest BCUT2D eigenvalue weighted by Gasteiger charge is -2.06. The first kappa shape index (κ1) is 27.7. The fraction of sp³-hybridized carbons (Fsp3) is 0.103. The normalized spacial score (nSPS) is 10.6. The number of anilines is 3. The highest BCUT2D eigenvalue weighted by Crippen LogP contribution is 2.42. The smallest absolute Gasteiger partial charge is 0.237 e.